The van der Waals surface area contributed by atoms with E-state index in [0.717, 1.165) is 16.3 Å². The number of benzene rings is 2. The number of nitrogens with one attached hydrogen (secondary N) is 1. The summed E-state index contributed by atoms with van der Waals surface area (Å²) in [6.07, 6.45) is 1.60. The average Bonchev–Trinajstić information content (AvgIpc) is 3.56. The van der Waals surface area contributed by atoms with E-state index in [9.17, 15) is 13.2 Å². The zero-order chi connectivity index (χ0) is 29.3. The number of guanidine groups is 1. The third-order valence-electron chi connectivity index (χ3n) is 6.85. The molecule has 0 saturated carbocycles. The number of morpholine rings is 1. The Labute approximate surface area is 241 Å². The van der Waals surface area contributed by atoms with Crippen molar-refractivity contribution in [3.63, 3.8) is 0 Å². The molecule has 3 heterocycles. The molecule has 3 N–H and O–H groups in total. The number of aliphatic imine (C=N–C) groups is 1. The molecule has 11 nitrogen and oxygen atoms in total. The number of halogens is 1. The molecule has 5 rings (SSSR count). The SMILES string of the molecule is CCC(=NC(=N)N)c1nc(N2CCOCC2)sc1-c1ccc(F)c(N2CCN(c3ccc(S(C)(=O)=O)cc3)C2=O)c1. The Bertz CT molecular complexity index is 1620. The molecule has 2 aliphatic rings. The van der Waals surface area contributed by atoms with E-state index in [1.54, 1.807) is 24.3 Å². The first kappa shape index (κ1) is 28.6. The molecule has 2 aliphatic heterocycles. The highest BCUT2D eigenvalue weighted by Crippen LogP contribution is 2.39. The van der Waals surface area contributed by atoms with Crippen molar-refractivity contribution in [2.24, 2.45) is 10.7 Å². The molecule has 0 unspecified atom stereocenters. The summed E-state index contributed by atoms with van der Waals surface area (Å²) in [4.78, 5) is 28.3. The Hall–Kier alpha value is -3.88. The summed E-state index contributed by atoms with van der Waals surface area (Å²) < 4.78 is 44.3. The van der Waals surface area contributed by atoms with Crippen LogP contribution >= 0.6 is 11.3 Å². The monoisotopic (exact) mass is 599 g/mol. The molecule has 0 spiro atoms. The highest BCUT2D eigenvalue weighted by atomic mass is 32.2. The van der Waals surface area contributed by atoms with Crippen LogP contribution < -0.4 is 20.4 Å². The number of aromatic nitrogens is 1. The summed E-state index contributed by atoms with van der Waals surface area (Å²) in [5.74, 6) is -0.884. The van der Waals surface area contributed by atoms with Crippen molar-refractivity contribution in [3.8, 4) is 10.4 Å². The van der Waals surface area contributed by atoms with Gasteiger partial charge in [-0.1, -0.05) is 24.3 Å². The third-order valence-corrected chi connectivity index (χ3v) is 9.14. The van der Waals surface area contributed by atoms with Crippen molar-refractivity contribution in [2.75, 3.05) is 60.3 Å². The summed E-state index contributed by atoms with van der Waals surface area (Å²) in [6, 6.07) is 10.2. The lowest BCUT2D eigenvalue weighted by atomic mass is 10.1. The molecule has 14 heteroatoms. The minimum Gasteiger partial charge on any atom is -0.378 e. The molecule has 2 aromatic carbocycles. The second-order valence-electron chi connectivity index (χ2n) is 9.59. The van der Waals surface area contributed by atoms with Gasteiger partial charge in [0, 0.05) is 38.1 Å². The zero-order valence-corrected chi connectivity index (χ0v) is 24.3. The molecule has 0 atom stereocenters. The van der Waals surface area contributed by atoms with Crippen LogP contribution in [0.15, 0.2) is 52.4 Å². The Kier molecular flexibility index (Phi) is 8.07. The number of rotatable bonds is 7. The molecular weight excluding hydrogens is 569 g/mol. The smallest absolute Gasteiger partial charge is 0.329 e. The van der Waals surface area contributed by atoms with Gasteiger partial charge in [0.2, 0.25) is 5.96 Å². The van der Waals surface area contributed by atoms with Gasteiger partial charge in [0.1, 0.15) is 11.5 Å². The van der Waals surface area contributed by atoms with Gasteiger partial charge < -0.3 is 15.4 Å². The maximum Gasteiger partial charge on any atom is 0.329 e. The van der Waals surface area contributed by atoms with Crippen LogP contribution in [0, 0.1) is 11.2 Å². The van der Waals surface area contributed by atoms with Crippen LogP contribution in [0.1, 0.15) is 19.0 Å². The van der Waals surface area contributed by atoms with E-state index in [-0.39, 0.29) is 23.1 Å². The Balaban J connectivity index is 1.50. The molecule has 2 saturated heterocycles. The molecule has 0 aliphatic carbocycles. The highest BCUT2D eigenvalue weighted by molar-refractivity contribution is 7.90. The van der Waals surface area contributed by atoms with Crippen molar-refractivity contribution >= 4 is 55.4 Å². The molecule has 1 aromatic heterocycles. The minimum atomic E-state index is -3.38. The fourth-order valence-electron chi connectivity index (χ4n) is 4.77. The van der Waals surface area contributed by atoms with Gasteiger partial charge in [-0.3, -0.25) is 15.2 Å². The number of thiazole rings is 1. The first-order valence-corrected chi connectivity index (χ1v) is 15.7. The highest BCUT2D eigenvalue weighted by Gasteiger charge is 2.33. The Morgan fingerprint density at radius 1 is 1.12 bits per heavy atom. The number of urea groups is 1. The minimum absolute atomic E-state index is 0.122. The molecular formula is C27H30FN7O4S2. The van der Waals surface area contributed by atoms with Gasteiger partial charge in [0.25, 0.3) is 0 Å². The summed E-state index contributed by atoms with van der Waals surface area (Å²) in [5, 5.41) is 8.45. The van der Waals surface area contributed by atoms with Crippen molar-refractivity contribution in [1.82, 2.24) is 4.98 Å². The summed E-state index contributed by atoms with van der Waals surface area (Å²) in [5.41, 5.74) is 7.99. The normalized spacial score (nSPS) is 16.5. The number of nitrogens with two attached hydrogens (primary N) is 1. The topological polar surface area (TPSA) is 145 Å². The third kappa shape index (κ3) is 5.94. The predicted molar refractivity (Wildman–Crippen MR) is 159 cm³/mol. The first-order chi connectivity index (χ1) is 19.6. The Morgan fingerprint density at radius 3 is 2.44 bits per heavy atom. The van der Waals surface area contributed by atoms with E-state index < -0.39 is 21.7 Å². The lowest BCUT2D eigenvalue weighted by Crippen LogP contribution is -2.36. The van der Waals surface area contributed by atoms with Crippen molar-refractivity contribution < 1.29 is 22.3 Å². The van der Waals surface area contributed by atoms with Gasteiger partial charge in [-0.2, -0.15) is 0 Å². The number of hydrogen-bond acceptors (Lipinski definition) is 8. The van der Waals surface area contributed by atoms with E-state index in [1.807, 2.05) is 6.92 Å². The summed E-state index contributed by atoms with van der Waals surface area (Å²) in [7, 11) is -3.38. The standard InChI is InChI=1S/C27H30FN7O4S2/c1-3-21(31-25(29)30)23-24(40-26(32-23)33-12-14-39-15-13-33)17-4-9-20(28)22(16-17)35-11-10-34(27(35)36)18-5-7-19(8-6-18)41(2,37)38/h4-9,16H,3,10-15H2,1-2H3,(H3,29,30). The molecule has 0 bridgehead atoms. The second-order valence-corrected chi connectivity index (χ2v) is 12.6. The number of anilines is 3. The summed E-state index contributed by atoms with van der Waals surface area (Å²) in [6.45, 7) is 4.96. The number of sulfone groups is 1. The molecule has 2 amide bonds. The van der Waals surface area contributed by atoms with Crippen molar-refractivity contribution in [3.05, 3.63) is 54.0 Å². The average molecular weight is 600 g/mol. The van der Waals surface area contributed by atoms with E-state index in [2.05, 4.69) is 9.89 Å². The molecule has 0 radical (unpaired) electrons. The van der Waals surface area contributed by atoms with Gasteiger partial charge in [0.15, 0.2) is 15.0 Å². The van der Waals surface area contributed by atoms with Gasteiger partial charge in [-0.05, 0) is 48.4 Å². The van der Waals surface area contributed by atoms with Crippen LogP contribution in [0.25, 0.3) is 10.4 Å². The lowest BCUT2D eigenvalue weighted by molar-refractivity contribution is 0.122. The van der Waals surface area contributed by atoms with Crippen molar-refractivity contribution in [1.29, 1.82) is 5.41 Å². The maximum atomic E-state index is 15.2. The van der Waals surface area contributed by atoms with Crippen molar-refractivity contribution in [2.45, 2.75) is 18.2 Å². The van der Waals surface area contributed by atoms with Crippen LogP contribution in [-0.2, 0) is 14.6 Å². The number of ether oxygens (including phenoxy) is 1. The van der Waals surface area contributed by atoms with Gasteiger partial charge >= 0.3 is 6.03 Å². The number of carbonyl (C=O) groups excluding carboxylic acids is 1. The molecule has 216 valence electrons. The van der Waals surface area contributed by atoms with Gasteiger partial charge in [-0.25, -0.2) is 27.6 Å². The van der Waals surface area contributed by atoms with Gasteiger partial charge in [0.05, 0.1) is 34.4 Å². The number of nitrogens with zero attached hydrogens (tertiary/aromatic N) is 5. The summed E-state index contributed by atoms with van der Waals surface area (Å²) >= 11 is 1.43. The lowest BCUT2D eigenvalue weighted by Gasteiger charge is -2.26. The number of carbonyl (C=O) groups is 1. The van der Waals surface area contributed by atoms with Crippen LogP contribution in [0.2, 0.25) is 0 Å². The van der Waals surface area contributed by atoms with E-state index >= 15 is 4.39 Å². The first-order valence-electron chi connectivity index (χ1n) is 13.0. The Morgan fingerprint density at radius 2 is 1.80 bits per heavy atom. The van der Waals surface area contributed by atoms with E-state index in [4.69, 9.17) is 20.9 Å². The number of hydrogen-bond donors (Lipinski definition) is 2. The molecule has 2 fully saturated rings. The largest absolute Gasteiger partial charge is 0.378 e. The molecule has 41 heavy (non-hydrogen) atoms. The molecule has 3 aromatic rings. The van der Waals surface area contributed by atoms with Gasteiger partial charge in [-0.15, -0.1) is 0 Å². The quantitative estimate of drug-likeness (QED) is 0.311. The fourth-order valence-corrected chi connectivity index (χ4v) is 6.54. The van der Waals surface area contributed by atoms with Crippen LogP contribution in [0.4, 0.5) is 25.7 Å². The van der Waals surface area contributed by atoms with E-state index in [0.29, 0.717) is 61.9 Å². The van der Waals surface area contributed by atoms with Crippen LogP contribution in [0.3, 0.4) is 0 Å². The van der Waals surface area contributed by atoms with Crippen LogP contribution in [-0.4, -0.2) is 76.8 Å². The zero-order valence-electron chi connectivity index (χ0n) is 22.6. The van der Waals surface area contributed by atoms with Crippen LogP contribution in [0.5, 0.6) is 0 Å². The predicted octanol–water partition coefficient (Wildman–Crippen LogP) is 3.73. The second kappa shape index (κ2) is 11.5. The maximum absolute atomic E-state index is 15.2. The van der Waals surface area contributed by atoms with E-state index in [1.165, 1.54) is 39.3 Å². The number of amides is 2. The fraction of sp³-hybridized carbons (Fsp3) is 0.333.